The number of aryl methyl sites for hydroxylation is 1. The SMILES string of the molecule is CCCCS(=O)(=O)N1CCCC(c2ccn(C)n2)C1. The Kier molecular flexibility index (Phi) is 4.62. The number of sulfonamides is 1. The molecule has 1 aromatic heterocycles. The minimum atomic E-state index is -3.08. The van der Waals surface area contributed by atoms with E-state index in [1.165, 1.54) is 0 Å². The molecule has 1 fully saturated rings. The Labute approximate surface area is 115 Å². The van der Waals surface area contributed by atoms with Gasteiger partial charge in [0, 0.05) is 32.3 Å². The van der Waals surface area contributed by atoms with Crippen molar-refractivity contribution in [1.82, 2.24) is 14.1 Å². The van der Waals surface area contributed by atoms with Gasteiger partial charge in [0.05, 0.1) is 11.4 Å². The number of unbranched alkanes of at least 4 members (excludes halogenated alkanes) is 1. The van der Waals surface area contributed by atoms with Crippen LogP contribution in [0.25, 0.3) is 0 Å². The smallest absolute Gasteiger partial charge is 0.214 e. The van der Waals surface area contributed by atoms with Gasteiger partial charge < -0.3 is 0 Å². The van der Waals surface area contributed by atoms with E-state index < -0.39 is 10.0 Å². The molecule has 1 aliphatic rings. The summed E-state index contributed by atoms with van der Waals surface area (Å²) in [6.07, 6.45) is 5.52. The van der Waals surface area contributed by atoms with Crippen molar-refractivity contribution >= 4 is 10.0 Å². The lowest BCUT2D eigenvalue weighted by Gasteiger charge is -2.31. The summed E-state index contributed by atoms with van der Waals surface area (Å²) in [7, 11) is -1.19. The van der Waals surface area contributed by atoms with Gasteiger partial charge in [0.2, 0.25) is 10.0 Å². The average molecular weight is 285 g/mol. The fourth-order valence-corrected chi connectivity index (χ4v) is 4.27. The maximum atomic E-state index is 12.2. The average Bonchev–Trinajstić information content (AvgIpc) is 2.83. The molecule has 0 saturated carbocycles. The highest BCUT2D eigenvalue weighted by molar-refractivity contribution is 7.89. The molecule has 1 atom stereocenters. The molecule has 0 spiro atoms. The third kappa shape index (κ3) is 3.57. The van der Waals surface area contributed by atoms with Gasteiger partial charge in [-0.1, -0.05) is 13.3 Å². The van der Waals surface area contributed by atoms with Crippen LogP contribution in [0.2, 0.25) is 0 Å². The van der Waals surface area contributed by atoms with Crippen molar-refractivity contribution in [2.75, 3.05) is 18.8 Å². The summed E-state index contributed by atoms with van der Waals surface area (Å²) in [5, 5.41) is 4.41. The zero-order valence-electron chi connectivity index (χ0n) is 11.7. The second-order valence-corrected chi connectivity index (χ2v) is 7.37. The molecular formula is C13H23N3O2S. The first-order valence-corrected chi connectivity index (χ1v) is 8.61. The Hall–Kier alpha value is -0.880. The van der Waals surface area contributed by atoms with E-state index in [1.54, 1.807) is 8.99 Å². The van der Waals surface area contributed by atoms with Crippen molar-refractivity contribution < 1.29 is 8.42 Å². The summed E-state index contributed by atoms with van der Waals surface area (Å²) in [6.45, 7) is 3.26. The van der Waals surface area contributed by atoms with E-state index in [2.05, 4.69) is 5.10 Å². The number of aromatic nitrogens is 2. The highest BCUT2D eigenvalue weighted by atomic mass is 32.2. The van der Waals surface area contributed by atoms with Crippen LogP contribution in [-0.4, -0.2) is 41.3 Å². The van der Waals surface area contributed by atoms with Gasteiger partial charge in [0.1, 0.15) is 0 Å². The van der Waals surface area contributed by atoms with Gasteiger partial charge in [-0.2, -0.15) is 5.10 Å². The van der Waals surface area contributed by atoms with Crippen LogP contribution >= 0.6 is 0 Å². The van der Waals surface area contributed by atoms with Crippen LogP contribution in [0.5, 0.6) is 0 Å². The minimum Gasteiger partial charge on any atom is -0.276 e. The number of hydrogen-bond donors (Lipinski definition) is 0. The summed E-state index contributed by atoms with van der Waals surface area (Å²) in [6, 6.07) is 1.99. The molecule has 6 heteroatoms. The van der Waals surface area contributed by atoms with Crippen LogP contribution < -0.4 is 0 Å². The Morgan fingerprint density at radius 1 is 1.47 bits per heavy atom. The zero-order valence-corrected chi connectivity index (χ0v) is 12.6. The van der Waals surface area contributed by atoms with Crippen LogP contribution in [0.4, 0.5) is 0 Å². The zero-order chi connectivity index (χ0) is 13.9. The van der Waals surface area contributed by atoms with Gasteiger partial charge in [0.15, 0.2) is 0 Å². The van der Waals surface area contributed by atoms with E-state index in [9.17, 15) is 8.42 Å². The van der Waals surface area contributed by atoms with Gasteiger partial charge >= 0.3 is 0 Å². The third-order valence-electron chi connectivity index (χ3n) is 3.69. The van der Waals surface area contributed by atoms with E-state index >= 15 is 0 Å². The highest BCUT2D eigenvalue weighted by Crippen LogP contribution is 2.27. The largest absolute Gasteiger partial charge is 0.276 e. The van der Waals surface area contributed by atoms with E-state index in [0.29, 0.717) is 13.1 Å². The maximum absolute atomic E-state index is 12.2. The second-order valence-electron chi connectivity index (χ2n) is 5.28. The Morgan fingerprint density at radius 3 is 2.89 bits per heavy atom. The molecule has 1 aromatic rings. The van der Waals surface area contributed by atoms with E-state index in [1.807, 2.05) is 26.2 Å². The molecule has 108 valence electrons. The summed E-state index contributed by atoms with van der Waals surface area (Å²) in [5.41, 5.74) is 1.01. The van der Waals surface area contributed by atoms with Crippen molar-refractivity contribution in [1.29, 1.82) is 0 Å². The maximum Gasteiger partial charge on any atom is 0.214 e. The fourth-order valence-electron chi connectivity index (χ4n) is 2.54. The molecule has 0 amide bonds. The van der Waals surface area contributed by atoms with Crippen molar-refractivity contribution in [3.05, 3.63) is 18.0 Å². The molecular weight excluding hydrogens is 262 g/mol. The van der Waals surface area contributed by atoms with Gasteiger partial charge in [-0.25, -0.2) is 12.7 Å². The predicted octanol–water partition coefficient (Wildman–Crippen LogP) is 1.73. The minimum absolute atomic E-state index is 0.242. The summed E-state index contributed by atoms with van der Waals surface area (Å²) < 4.78 is 27.9. The van der Waals surface area contributed by atoms with Crippen molar-refractivity contribution in [2.45, 2.75) is 38.5 Å². The van der Waals surface area contributed by atoms with Crippen LogP contribution in [0, 0.1) is 0 Å². The summed E-state index contributed by atoms with van der Waals surface area (Å²) in [5.74, 6) is 0.518. The third-order valence-corrected chi connectivity index (χ3v) is 5.61. The molecule has 0 radical (unpaired) electrons. The monoisotopic (exact) mass is 285 g/mol. The molecule has 1 unspecified atom stereocenters. The Balaban J connectivity index is 2.05. The molecule has 0 aliphatic carbocycles. The number of nitrogens with zero attached hydrogens (tertiary/aromatic N) is 3. The van der Waals surface area contributed by atoms with Gasteiger partial charge in [-0.3, -0.25) is 4.68 Å². The first-order valence-electron chi connectivity index (χ1n) is 7.00. The van der Waals surface area contributed by atoms with Gasteiger partial charge in [-0.15, -0.1) is 0 Å². The predicted molar refractivity (Wildman–Crippen MR) is 75.5 cm³/mol. The van der Waals surface area contributed by atoms with Crippen molar-refractivity contribution in [3.8, 4) is 0 Å². The summed E-state index contributed by atoms with van der Waals surface area (Å²) in [4.78, 5) is 0. The molecule has 0 bridgehead atoms. The van der Waals surface area contributed by atoms with Crippen molar-refractivity contribution in [3.63, 3.8) is 0 Å². The highest BCUT2D eigenvalue weighted by Gasteiger charge is 2.30. The molecule has 1 saturated heterocycles. The normalized spacial score (nSPS) is 21.7. The Bertz CT molecular complexity index is 510. The molecule has 19 heavy (non-hydrogen) atoms. The number of hydrogen-bond acceptors (Lipinski definition) is 3. The second kappa shape index (κ2) is 6.05. The lowest BCUT2D eigenvalue weighted by atomic mass is 9.96. The molecule has 5 nitrogen and oxygen atoms in total. The van der Waals surface area contributed by atoms with E-state index in [-0.39, 0.29) is 11.7 Å². The Morgan fingerprint density at radius 2 is 2.26 bits per heavy atom. The quantitative estimate of drug-likeness (QED) is 0.828. The number of piperidine rings is 1. The molecule has 0 N–H and O–H groups in total. The molecule has 1 aliphatic heterocycles. The van der Waals surface area contributed by atoms with Crippen molar-refractivity contribution in [2.24, 2.45) is 7.05 Å². The standard InChI is InChI=1S/C13H23N3O2S/c1-3-4-10-19(17,18)16-8-5-6-12(11-16)13-7-9-15(2)14-13/h7,9,12H,3-6,8,10-11H2,1-2H3. The first kappa shape index (κ1) is 14.5. The molecule has 2 heterocycles. The fraction of sp³-hybridized carbons (Fsp3) is 0.769. The van der Waals surface area contributed by atoms with E-state index in [4.69, 9.17) is 0 Å². The lowest BCUT2D eigenvalue weighted by Crippen LogP contribution is -2.40. The van der Waals surface area contributed by atoms with Gasteiger partial charge in [0.25, 0.3) is 0 Å². The number of rotatable bonds is 5. The topological polar surface area (TPSA) is 55.2 Å². The molecule has 2 rings (SSSR count). The first-order chi connectivity index (χ1) is 9.03. The summed E-state index contributed by atoms with van der Waals surface area (Å²) >= 11 is 0. The van der Waals surface area contributed by atoms with Crippen LogP contribution in [-0.2, 0) is 17.1 Å². The van der Waals surface area contributed by atoms with E-state index in [0.717, 1.165) is 31.4 Å². The van der Waals surface area contributed by atoms with Crippen LogP contribution in [0.1, 0.15) is 44.2 Å². The lowest BCUT2D eigenvalue weighted by molar-refractivity contribution is 0.311. The van der Waals surface area contributed by atoms with Crippen LogP contribution in [0.15, 0.2) is 12.3 Å². The van der Waals surface area contributed by atoms with Gasteiger partial charge in [-0.05, 0) is 25.3 Å². The molecule has 0 aromatic carbocycles. The van der Waals surface area contributed by atoms with Crippen LogP contribution in [0.3, 0.4) is 0 Å².